The second kappa shape index (κ2) is 72.9. The van der Waals surface area contributed by atoms with Gasteiger partial charge in [0.25, 0.3) is 0 Å². The lowest BCUT2D eigenvalue weighted by molar-refractivity contribution is -0.123. The van der Waals surface area contributed by atoms with Crippen molar-refractivity contribution in [3.8, 4) is 0 Å². The Labute approximate surface area is 510 Å². The monoisotopic (exact) mass is 1140 g/mol. The number of allylic oxidation sites excluding steroid dienone is 5. The van der Waals surface area contributed by atoms with Gasteiger partial charge in [-0.2, -0.15) is 0 Å². The smallest absolute Gasteiger partial charge is 0.220 e. The first-order valence-electron chi connectivity index (χ1n) is 37.7. The summed E-state index contributed by atoms with van der Waals surface area (Å²) in [7, 11) is 0. The Hall–Kier alpha value is -1.39. The molecule has 480 valence electrons. The Kier molecular flexibility index (Phi) is 71.6. The van der Waals surface area contributed by atoms with E-state index in [1.165, 1.54) is 379 Å². The first-order chi connectivity index (χ1) is 40.2. The Balaban J connectivity index is 3.41. The zero-order chi connectivity index (χ0) is 58.4. The Morgan fingerprint density at radius 3 is 0.716 bits per heavy atom. The third-order valence-electron chi connectivity index (χ3n) is 17.8. The van der Waals surface area contributed by atoms with Gasteiger partial charge in [-0.25, -0.2) is 0 Å². The highest BCUT2D eigenvalue weighted by Gasteiger charge is 2.18. The summed E-state index contributed by atoms with van der Waals surface area (Å²) in [5, 5.41) is 23.3. The van der Waals surface area contributed by atoms with Crippen molar-refractivity contribution in [1.82, 2.24) is 5.32 Å². The number of aliphatic hydroxyl groups excluding tert-OH is 2. The van der Waals surface area contributed by atoms with Crippen LogP contribution in [0.3, 0.4) is 0 Å². The van der Waals surface area contributed by atoms with Crippen LogP contribution in [-0.2, 0) is 4.79 Å². The second-order valence-electron chi connectivity index (χ2n) is 26.1. The summed E-state index contributed by atoms with van der Waals surface area (Å²) in [6, 6.07) is -0.639. The van der Waals surface area contributed by atoms with Gasteiger partial charge in [-0.05, 0) is 57.8 Å². The molecular weight excluding hydrogens is 987 g/mol. The van der Waals surface area contributed by atoms with E-state index in [2.05, 4.69) is 43.5 Å². The van der Waals surface area contributed by atoms with Gasteiger partial charge in [0.15, 0.2) is 0 Å². The van der Waals surface area contributed by atoms with Crippen LogP contribution in [-0.4, -0.2) is 34.9 Å². The van der Waals surface area contributed by atoms with Crippen LogP contribution in [0, 0.1) is 0 Å². The van der Waals surface area contributed by atoms with Crippen molar-refractivity contribution < 1.29 is 15.0 Å². The summed E-state index contributed by atoms with van der Waals surface area (Å²) in [4.78, 5) is 12.6. The summed E-state index contributed by atoms with van der Waals surface area (Å²) in [6.07, 6.45) is 101. The lowest BCUT2D eigenvalue weighted by atomic mass is 10.0. The quantitative estimate of drug-likeness (QED) is 0.0420. The molecule has 0 saturated carbocycles. The number of carbonyl (C=O) groups excluding carboxylic acids is 1. The average molecular weight is 1140 g/mol. The molecule has 81 heavy (non-hydrogen) atoms. The molecule has 0 saturated heterocycles. The molecule has 0 aromatic carbocycles. The fourth-order valence-electron chi connectivity index (χ4n) is 12.1. The van der Waals surface area contributed by atoms with Gasteiger partial charge in [0.05, 0.1) is 18.8 Å². The van der Waals surface area contributed by atoms with Crippen molar-refractivity contribution in [1.29, 1.82) is 0 Å². The van der Waals surface area contributed by atoms with Gasteiger partial charge in [-0.3, -0.25) is 4.79 Å². The minimum Gasteiger partial charge on any atom is -0.394 e. The van der Waals surface area contributed by atoms with Crippen molar-refractivity contribution in [3.05, 3.63) is 36.5 Å². The van der Waals surface area contributed by atoms with E-state index in [9.17, 15) is 15.0 Å². The largest absolute Gasteiger partial charge is 0.394 e. The van der Waals surface area contributed by atoms with Gasteiger partial charge in [0.1, 0.15) is 0 Å². The third-order valence-corrected chi connectivity index (χ3v) is 17.8. The highest BCUT2D eigenvalue weighted by molar-refractivity contribution is 5.76. The van der Waals surface area contributed by atoms with Crippen LogP contribution in [0.1, 0.15) is 431 Å². The maximum atomic E-state index is 12.6. The molecule has 0 heterocycles. The SMILES string of the molecule is CCCCCCCCCC/C=C\CCCCCCCCCCCCCCCCCCCCCCCCCCCCCC(=O)NC(CO)C(O)/C=C/CC/C=C/CCCCCCCCCCCCCCCCCCCCCCCCCC. The van der Waals surface area contributed by atoms with E-state index in [0.29, 0.717) is 6.42 Å². The summed E-state index contributed by atoms with van der Waals surface area (Å²) in [5.74, 6) is -0.0642. The normalized spacial score (nSPS) is 12.8. The number of aliphatic hydroxyl groups is 2. The summed E-state index contributed by atoms with van der Waals surface area (Å²) in [6.45, 7) is 4.35. The summed E-state index contributed by atoms with van der Waals surface area (Å²) >= 11 is 0. The molecule has 0 aliphatic carbocycles. The van der Waals surface area contributed by atoms with Crippen molar-refractivity contribution >= 4 is 5.91 Å². The van der Waals surface area contributed by atoms with Crippen molar-refractivity contribution in [2.45, 2.75) is 443 Å². The van der Waals surface area contributed by atoms with Crippen LogP contribution in [0.4, 0.5) is 0 Å². The molecule has 2 unspecified atom stereocenters. The van der Waals surface area contributed by atoms with E-state index in [-0.39, 0.29) is 12.5 Å². The Morgan fingerprint density at radius 2 is 0.481 bits per heavy atom. The van der Waals surface area contributed by atoms with Gasteiger partial charge >= 0.3 is 0 Å². The molecule has 1 amide bonds. The molecule has 0 aromatic rings. The van der Waals surface area contributed by atoms with Gasteiger partial charge in [0.2, 0.25) is 5.91 Å². The highest BCUT2D eigenvalue weighted by Crippen LogP contribution is 2.20. The van der Waals surface area contributed by atoms with Crippen LogP contribution in [0.2, 0.25) is 0 Å². The second-order valence-corrected chi connectivity index (χ2v) is 26.1. The van der Waals surface area contributed by atoms with E-state index >= 15 is 0 Å². The molecule has 0 spiro atoms. The maximum Gasteiger partial charge on any atom is 0.220 e. The predicted molar refractivity (Wildman–Crippen MR) is 364 cm³/mol. The van der Waals surface area contributed by atoms with Crippen molar-refractivity contribution in [2.75, 3.05) is 6.61 Å². The van der Waals surface area contributed by atoms with E-state index in [1.54, 1.807) is 6.08 Å². The molecule has 3 N–H and O–H groups in total. The zero-order valence-electron chi connectivity index (χ0n) is 55.6. The number of hydrogen-bond donors (Lipinski definition) is 3. The maximum absolute atomic E-state index is 12.6. The van der Waals surface area contributed by atoms with Gasteiger partial charge < -0.3 is 15.5 Å². The van der Waals surface area contributed by atoms with Crippen molar-refractivity contribution in [3.63, 3.8) is 0 Å². The van der Waals surface area contributed by atoms with Crippen LogP contribution in [0.15, 0.2) is 36.5 Å². The number of carbonyl (C=O) groups is 1. The topological polar surface area (TPSA) is 69.6 Å². The molecule has 4 heteroatoms. The first-order valence-corrected chi connectivity index (χ1v) is 37.7. The fourth-order valence-corrected chi connectivity index (χ4v) is 12.1. The predicted octanol–water partition coefficient (Wildman–Crippen LogP) is 25.9. The molecule has 0 aliphatic heterocycles. The van der Waals surface area contributed by atoms with Gasteiger partial charge in [-0.15, -0.1) is 0 Å². The molecule has 0 aliphatic rings. The van der Waals surface area contributed by atoms with Gasteiger partial charge in [-0.1, -0.05) is 403 Å². The molecule has 0 fully saturated rings. The van der Waals surface area contributed by atoms with Gasteiger partial charge in [0, 0.05) is 6.42 Å². The third kappa shape index (κ3) is 69.3. The number of amides is 1. The van der Waals surface area contributed by atoms with Crippen LogP contribution >= 0.6 is 0 Å². The molecule has 4 nitrogen and oxygen atoms in total. The van der Waals surface area contributed by atoms with Crippen molar-refractivity contribution in [2.24, 2.45) is 0 Å². The fraction of sp³-hybridized carbons (Fsp3) is 0.909. The van der Waals surface area contributed by atoms with Crippen LogP contribution in [0.5, 0.6) is 0 Å². The molecule has 0 radical (unpaired) electrons. The number of rotatable bonds is 71. The first kappa shape index (κ1) is 79.6. The van der Waals surface area contributed by atoms with Crippen LogP contribution in [0.25, 0.3) is 0 Å². The van der Waals surface area contributed by atoms with Crippen LogP contribution < -0.4 is 5.32 Å². The number of nitrogens with one attached hydrogen (secondary N) is 1. The molecule has 2 atom stereocenters. The summed E-state index contributed by atoms with van der Waals surface area (Å²) in [5.41, 5.74) is 0. The Bertz CT molecular complexity index is 1240. The molecular formula is C77H149NO3. The van der Waals surface area contributed by atoms with E-state index in [1.807, 2.05) is 6.08 Å². The van der Waals surface area contributed by atoms with E-state index in [4.69, 9.17) is 0 Å². The minimum absolute atomic E-state index is 0.0642. The van der Waals surface area contributed by atoms with E-state index in [0.717, 1.165) is 32.1 Å². The average Bonchev–Trinajstić information content (AvgIpc) is 3.47. The minimum atomic E-state index is -0.863. The molecule has 0 aromatic heterocycles. The number of unbranched alkanes of at least 4 members (excludes halogenated alkanes) is 60. The lowest BCUT2D eigenvalue weighted by Gasteiger charge is -2.19. The molecule has 0 bridgehead atoms. The Morgan fingerprint density at radius 1 is 0.284 bits per heavy atom. The number of hydrogen-bond acceptors (Lipinski definition) is 3. The lowest BCUT2D eigenvalue weighted by Crippen LogP contribution is -2.45. The van der Waals surface area contributed by atoms with E-state index < -0.39 is 12.1 Å². The standard InChI is InChI=1S/C77H149NO3/c1-3-5-7-9-11-13-15-17-19-21-23-25-27-29-31-33-35-36-37-38-39-40-41-42-43-45-47-49-51-53-55-57-59-61-63-65-67-69-71-73-77(81)78-75(74-79)76(80)72-70-68-66-64-62-60-58-56-54-52-50-48-46-44-34-32-30-28-26-24-22-20-18-16-14-12-10-8-6-4-2/h21,23,62,64,70,72,75-76,79-80H,3-20,22,24-61,63,65-69,71,73-74H2,1-2H3,(H,78,81)/b23-21-,64-62+,72-70+. The highest BCUT2D eigenvalue weighted by atomic mass is 16.3. The zero-order valence-corrected chi connectivity index (χ0v) is 55.6. The summed E-state index contributed by atoms with van der Waals surface area (Å²) < 4.78 is 0. The molecule has 0 rings (SSSR count).